The maximum atomic E-state index is 12.6. The van der Waals surface area contributed by atoms with E-state index in [2.05, 4.69) is 67.0 Å². The number of carbonyl (C=O) groups excluding carboxylic acids is 2. The minimum atomic E-state index is -4.64. The number of unbranched alkanes of at least 4 members (excludes halogenated alkanes) is 10. The van der Waals surface area contributed by atoms with E-state index in [4.69, 9.17) is 19.1 Å². The van der Waals surface area contributed by atoms with Gasteiger partial charge in [0.2, 0.25) is 0 Å². The van der Waals surface area contributed by atoms with Crippen molar-refractivity contribution in [3.63, 3.8) is 0 Å². The largest absolute Gasteiger partial charge is 0.472 e. The van der Waals surface area contributed by atoms with Gasteiger partial charge in [-0.3, -0.25) is 18.6 Å². The molecular weight excluding hydrogens is 735 g/mol. The number of phosphoric acid groups is 1. The zero-order valence-electron chi connectivity index (χ0n) is 34.4. The van der Waals surface area contributed by atoms with E-state index in [-0.39, 0.29) is 25.6 Å². The monoisotopic (exact) mass is 811 g/mol. The average molecular weight is 811 g/mol. The van der Waals surface area contributed by atoms with E-state index < -0.39 is 51.8 Å². The molecule has 4 atom stereocenters. The maximum Gasteiger partial charge on any atom is 0.472 e. The van der Waals surface area contributed by atoms with Gasteiger partial charge in [-0.15, -0.1) is 0 Å². The molecule has 11 nitrogen and oxygen atoms in total. The molecule has 0 aromatic heterocycles. The second-order valence-corrected chi connectivity index (χ2v) is 15.3. The fourth-order valence-corrected chi connectivity index (χ4v) is 5.88. The van der Waals surface area contributed by atoms with Crippen molar-refractivity contribution in [2.45, 2.75) is 167 Å². The van der Waals surface area contributed by atoms with E-state index >= 15 is 0 Å². The molecular formula is C44H75O11P. The Hall–Kier alpha value is -2.63. The number of hydrogen-bond acceptors (Lipinski definition) is 10. The van der Waals surface area contributed by atoms with Crippen LogP contribution in [-0.4, -0.2) is 76.9 Å². The maximum absolute atomic E-state index is 12.6. The Morgan fingerprint density at radius 1 is 0.589 bits per heavy atom. The zero-order chi connectivity index (χ0) is 41.4. The molecule has 0 rings (SSSR count). The summed E-state index contributed by atoms with van der Waals surface area (Å²) in [5.41, 5.74) is 0. The van der Waals surface area contributed by atoms with E-state index in [1.54, 1.807) is 0 Å². The van der Waals surface area contributed by atoms with Crippen molar-refractivity contribution in [1.82, 2.24) is 0 Å². The lowest BCUT2D eigenvalue weighted by Crippen LogP contribution is -2.29. The van der Waals surface area contributed by atoms with Crippen LogP contribution in [0.1, 0.15) is 149 Å². The Kier molecular flexibility index (Phi) is 37.4. The first-order valence-electron chi connectivity index (χ1n) is 21.0. The van der Waals surface area contributed by atoms with Crippen molar-refractivity contribution in [3.8, 4) is 0 Å². The van der Waals surface area contributed by atoms with Gasteiger partial charge in [-0.25, -0.2) is 4.57 Å². The van der Waals surface area contributed by atoms with E-state index in [0.717, 1.165) is 83.5 Å². The molecule has 0 radical (unpaired) electrons. The zero-order valence-corrected chi connectivity index (χ0v) is 35.3. The summed E-state index contributed by atoms with van der Waals surface area (Å²) in [7, 11) is -4.64. The number of ether oxygens (including phenoxy) is 2. The SMILES string of the molecule is CCCCC/C=C\C/C=C\CCCCCCCC(=O)O[C@H](COC(=O)CCC/C=C\C/C=C\C/C=C\C/C=C\[C@@H](O)CCCC)COP(=O)(O)OC[C@@H](O)CO. The molecule has 1 unspecified atom stereocenters. The van der Waals surface area contributed by atoms with Crippen LogP contribution in [0.5, 0.6) is 0 Å². The summed E-state index contributed by atoms with van der Waals surface area (Å²) in [5, 5.41) is 28.1. The third kappa shape index (κ3) is 38.3. The van der Waals surface area contributed by atoms with Gasteiger partial charge in [0.05, 0.1) is 25.9 Å². The summed E-state index contributed by atoms with van der Waals surface area (Å²) in [6, 6.07) is 0. The molecule has 0 aliphatic rings. The lowest BCUT2D eigenvalue weighted by atomic mass is 10.1. The van der Waals surface area contributed by atoms with E-state index in [0.29, 0.717) is 19.3 Å². The van der Waals surface area contributed by atoms with Crippen molar-refractivity contribution >= 4 is 19.8 Å². The van der Waals surface area contributed by atoms with Crippen molar-refractivity contribution in [3.05, 3.63) is 72.9 Å². The highest BCUT2D eigenvalue weighted by Crippen LogP contribution is 2.43. The summed E-state index contributed by atoms with van der Waals surface area (Å²) in [5.74, 6) is -1.04. The summed E-state index contributed by atoms with van der Waals surface area (Å²) in [4.78, 5) is 34.9. The molecule has 0 amide bonds. The lowest BCUT2D eigenvalue weighted by Gasteiger charge is -2.20. The molecule has 0 aromatic carbocycles. The normalized spacial score (nSPS) is 15.2. The van der Waals surface area contributed by atoms with E-state index in [1.165, 1.54) is 19.3 Å². The van der Waals surface area contributed by atoms with Crippen molar-refractivity contribution in [1.29, 1.82) is 0 Å². The van der Waals surface area contributed by atoms with Gasteiger partial charge in [-0.2, -0.15) is 0 Å². The van der Waals surface area contributed by atoms with Crippen LogP contribution in [0.4, 0.5) is 0 Å². The minimum Gasteiger partial charge on any atom is -0.462 e. The molecule has 56 heavy (non-hydrogen) atoms. The number of allylic oxidation sites excluding steroid dienone is 11. The van der Waals surface area contributed by atoms with Gasteiger partial charge in [0, 0.05) is 12.8 Å². The van der Waals surface area contributed by atoms with Gasteiger partial charge in [0.1, 0.15) is 12.7 Å². The van der Waals surface area contributed by atoms with Crippen molar-refractivity contribution in [2.24, 2.45) is 0 Å². The fraction of sp³-hybridized carbons (Fsp3) is 0.682. The molecule has 0 fully saturated rings. The highest BCUT2D eigenvalue weighted by atomic mass is 31.2. The van der Waals surface area contributed by atoms with Crippen LogP contribution in [0.25, 0.3) is 0 Å². The van der Waals surface area contributed by atoms with Crippen LogP contribution < -0.4 is 0 Å². The molecule has 0 spiro atoms. The van der Waals surface area contributed by atoms with Gasteiger partial charge < -0.3 is 29.7 Å². The first kappa shape index (κ1) is 53.4. The number of hydrogen-bond donors (Lipinski definition) is 4. The molecule has 12 heteroatoms. The van der Waals surface area contributed by atoms with E-state index in [9.17, 15) is 29.3 Å². The molecule has 322 valence electrons. The fourth-order valence-electron chi connectivity index (χ4n) is 5.09. The molecule has 0 bridgehead atoms. The van der Waals surface area contributed by atoms with Gasteiger partial charge in [0.25, 0.3) is 0 Å². The summed E-state index contributed by atoms with van der Waals surface area (Å²) in [6.45, 7) is 2.08. The third-order valence-corrected chi connectivity index (χ3v) is 9.35. The van der Waals surface area contributed by atoms with Crippen LogP contribution >= 0.6 is 7.82 Å². The van der Waals surface area contributed by atoms with Crippen LogP contribution in [0.3, 0.4) is 0 Å². The molecule has 0 saturated heterocycles. The number of esters is 2. The van der Waals surface area contributed by atoms with Crippen LogP contribution in [0, 0.1) is 0 Å². The number of carbonyl (C=O) groups is 2. The summed E-state index contributed by atoms with van der Waals surface area (Å²) >= 11 is 0. The highest BCUT2D eigenvalue weighted by Gasteiger charge is 2.27. The Morgan fingerprint density at radius 2 is 1.09 bits per heavy atom. The molecule has 4 N–H and O–H groups in total. The second-order valence-electron chi connectivity index (χ2n) is 13.8. The predicted molar refractivity (Wildman–Crippen MR) is 225 cm³/mol. The van der Waals surface area contributed by atoms with Crippen molar-refractivity contribution in [2.75, 3.05) is 26.4 Å². The van der Waals surface area contributed by atoms with Gasteiger partial charge >= 0.3 is 19.8 Å². The predicted octanol–water partition coefficient (Wildman–Crippen LogP) is 9.86. The van der Waals surface area contributed by atoms with Gasteiger partial charge in [-0.1, -0.05) is 132 Å². The number of aliphatic hydroxyl groups is 3. The lowest BCUT2D eigenvalue weighted by molar-refractivity contribution is -0.161. The molecule has 0 heterocycles. The second kappa shape index (κ2) is 39.2. The molecule has 0 saturated carbocycles. The first-order valence-corrected chi connectivity index (χ1v) is 22.5. The molecule has 0 aliphatic heterocycles. The first-order chi connectivity index (χ1) is 27.1. The minimum absolute atomic E-state index is 0.142. The standard InChI is InChI=1S/C44H75O11P/c1-3-5-7-8-9-10-11-12-13-14-19-22-25-28-31-35-44(49)55-42(39-54-56(50,51)53-37-41(47)36-45)38-52-43(48)34-30-27-24-21-18-16-15-17-20-23-26-29-33-40(46)32-6-4-2/h9-10,12-13,15-16,20-21,23-24,29,33,40-42,45-47H,3-8,11,14,17-19,22,25-28,30-32,34-39H2,1-2H3,(H,50,51)/b10-9-,13-12-,16-15-,23-20-,24-21-,33-29-/t40-,41-,42+/m0/s1. The van der Waals surface area contributed by atoms with Crippen LogP contribution in [0.2, 0.25) is 0 Å². The van der Waals surface area contributed by atoms with E-state index in [1.807, 2.05) is 24.3 Å². The average Bonchev–Trinajstić information content (AvgIpc) is 3.18. The van der Waals surface area contributed by atoms with Crippen molar-refractivity contribution < 1.29 is 52.9 Å². The molecule has 0 aliphatic carbocycles. The quantitative estimate of drug-likeness (QED) is 0.0203. The van der Waals surface area contributed by atoms with Gasteiger partial charge in [-0.05, 0) is 77.0 Å². The Morgan fingerprint density at radius 3 is 1.70 bits per heavy atom. The Bertz CT molecular complexity index is 1180. The number of phosphoric ester groups is 1. The summed E-state index contributed by atoms with van der Waals surface area (Å²) in [6.07, 6.45) is 40.6. The number of rotatable bonds is 38. The van der Waals surface area contributed by atoms with Crippen LogP contribution in [-0.2, 0) is 32.7 Å². The van der Waals surface area contributed by atoms with Crippen LogP contribution in [0.15, 0.2) is 72.9 Å². The number of aliphatic hydroxyl groups excluding tert-OH is 3. The Balaban J connectivity index is 4.48. The van der Waals surface area contributed by atoms with Gasteiger partial charge in [0.15, 0.2) is 6.10 Å². The smallest absolute Gasteiger partial charge is 0.462 e. The third-order valence-electron chi connectivity index (χ3n) is 8.40. The summed E-state index contributed by atoms with van der Waals surface area (Å²) < 4.78 is 32.6. The highest BCUT2D eigenvalue weighted by molar-refractivity contribution is 7.47. The Labute approximate surface area is 338 Å². The topological polar surface area (TPSA) is 169 Å². The molecule has 0 aromatic rings.